The third-order valence-electron chi connectivity index (χ3n) is 4.78. The molecule has 4 rings (SSSR count). The molecule has 3 aromatic rings. The van der Waals surface area contributed by atoms with Gasteiger partial charge in [-0.25, -0.2) is 0 Å². The third-order valence-corrected chi connectivity index (χ3v) is 4.78. The second-order valence-corrected chi connectivity index (χ2v) is 6.74. The van der Waals surface area contributed by atoms with Crippen LogP contribution in [0.25, 0.3) is 0 Å². The zero-order chi connectivity index (χ0) is 19.5. The highest BCUT2D eigenvalue weighted by Gasteiger charge is 2.31. The van der Waals surface area contributed by atoms with Gasteiger partial charge in [-0.1, -0.05) is 42.5 Å². The quantitative estimate of drug-likeness (QED) is 0.717. The summed E-state index contributed by atoms with van der Waals surface area (Å²) in [4.78, 5) is 26.8. The van der Waals surface area contributed by atoms with Crippen molar-refractivity contribution in [1.82, 2.24) is 5.32 Å². The molecule has 0 bridgehead atoms. The Morgan fingerprint density at radius 2 is 1.82 bits per heavy atom. The van der Waals surface area contributed by atoms with Crippen molar-refractivity contribution in [2.45, 2.75) is 19.0 Å². The highest BCUT2D eigenvalue weighted by molar-refractivity contribution is 6.11. The fourth-order valence-corrected chi connectivity index (χ4v) is 3.43. The van der Waals surface area contributed by atoms with E-state index >= 15 is 0 Å². The molecule has 0 unspecified atom stereocenters. The van der Waals surface area contributed by atoms with Crippen LogP contribution in [0.1, 0.15) is 24.3 Å². The Bertz CT molecular complexity index is 970. The van der Waals surface area contributed by atoms with Gasteiger partial charge in [-0.3, -0.25) is 19.8 Å². The fourth-order valence-electron chi connectivity index (χ4n) is 3.43. The van der Waals surface area contributed by atoms with E-state index in [1.54, 1.807) is 19.3 Å². The fraction of sp³-hybridized carbons (Fsp3) is 0.182. The van der Waals surface area contributed by atoms with E-state index in [4.69, 9.17) is 4.42 Å². The number of hydrogen-bond acceptors (Lipinski definition) is 4. The Labute approximate surface area is 163 Å². The number of hydrogen-bond donors (Lipinski definition) is 2. The molecule has 1 aliphatic rings. The normalized spacial score (nSPS) is 15.5. The molecule has 2 N–H and O–H groups in total. The topological polar surface area (TPSA) is 74.6 Å². The summed E-state index contributed by atoms with van der Waals surface area (Å²) in [6.07, 6.45) is 1.62. The Kier molecular flexibility index (Phi) is 4.95. The minimum atomic E-state index is -0.533. The van der Waals surface area contributed by atoms with Gasteiger partial charge in [0.05, 0.1) is 29.7 Å². The summed E-state index contributed by atoms with van der Waals surface area (Å²) in [6.45, 7) is 1.80. The van der Waals surface area contributed by atoms with Gasteiger partial charge in [0.2, 0.25) is 11.8 Å². The summed E-state index contributed by atoms with van der Waals surface area (Å²) in [5, 5.41) is 6.17. The molecule has 2 amide bonds. The lowest BCUT2D eigenvalue weighted by Crippen LogP contribution is -2.50. The molecule has 0 aliphatic carbocycles. The van der Waals surface area contributed by atoms with Crippen LogP contribution in [0.15, 0.2) is 77.4 Å². The molecule has 28 heavy (non-hydrogen) atoms. The van der Waals surface area contributed by atoms with Gasteiger partial charge in [0.25, 0.3) is 0 Å². The number of para-hydroxylation sites is 2. The number of nitrogens with zero attached hydrogens (tertiary/aromatic N) is 1. The van der Waals surface area contributed by atoms with Gasteiger partial charge in [0.15, 0.2) is 0 Å². The third kappa shape index (κ3) is 3.54. The number of nitrogens with one attached hydrogen (secondary N) is 2. The van der Waals surface area contributed by atoms with Crippen LogP contribution in [0.2, 0.25) is 0 Å². The summed E-state index contributed by atoms with van der Waals surface area (Å²) in [7, 11) is 0. The van der Waals surface area contributed by atoms with Crippen LogP contribution < -0.4 is 15.5 Å². The second kappa shape index (κ2) is 7.70. The number of fused-ring (bicyclic) bond motifs is 1. The maximum absolute atomic E-state index is 13.2. The Balaban J connectivity index is 1.59. The molecule has 2 aromatic carbocycles. The standard InChI is InChI=1S/C22H21N3O3/c1-15(22(27)25-14-20(26)24-17-10-5-6-11-18(17)25)23-21(19-12-7-13-28-19)16-8-3-2-4-9-16/h2-13,15,21,23H,14H2,1H3,(H,24,26)/t15-,21-/m0/s1. The van der Waals surface area contributed by atoms with E-state index in [9.17, 15) is 9.59 Å². The molecule has 2 atom stereocenters. The van der Waals surface area contributed by atoms with E-state index in [1.165, 1.54) is 4.90 Å². The van der Waals surface area contributed by atoms with Gasteiger partial charge < -0.3 is 9.73 Å². The maximum atomic E-state index is 13.2. The van der Waals surface area contributed by atoms with Gasteiger partial charge in [0, 0.05) is 0 Å². The summed E-state index contributed by atoms with van der Waals surface area (Å²) in [5.41, 5.74) is 2.34. The molecule has 1 aliphatic heterocycles. The lowest BCUT2D eigenvalue weighted by atomic mass is 10.0. The first-order valence-corrected chi connectivity index (χ1v) is 9.18. The van der Waals surface area contributed by atoms with Crippen molar-refractivity contribution in [2.75, 3.05) is 16.8 Å². The second-order valence-electron chi connectivity index (χ2n) is 6.74. The Morgan fingerprint density at radius 3 is 2.57 bits per heavy atom. The van der Waals surface area contributed by atoms with E-state index in [1.807, 2.05) is 60.7 Å². The van der Waals surface area contributed by atoms with E-state index in [-0.39, 0.29) is 24.4 Å². The van der Waals surface area contributed by atoms with Crippen LogP contribution in [0, 0.1) is 0 Å². The molecule has 1 aromatic heterocycles. The van der Waals surface area contributed by atoms with Crippen LogP contribution >= 0.6 is 0 Å². The number of carbonyl (C=O) groups excluding carboxylic acids is 2. The predicted octanol–water partition coefficient (Wildman–Crippen LogP) is 3.33. The first-order valence-electron chi connectivity index (χ1n) is 9.18. The number of furan rings is 1. The molecular formula is C22H21N3O3. The first-order chi connectivity index (χ1) is 13.6. The number of carbonyl (C=O) groups is 2. The molecule has 0 spiro atoms. The monoisotopic (exact) mass is 375 g/mol. The summed E-state index contributed by atoms with van der Waals surface area (Å²) in [5.74, 6) is 0.349. The molecule has 0 fully saturated rings. The van der Waals surface area contributed by atoms with Crippen LogP contribution in [0.3, 0.4) is 0 Å². The molecular weight excluding hydrogens is 354 g/mol. The van der Waals surface area contributed by atoms with Gasteiger partial charge >= 0.3 is 0 Å². The summed E-state index contributed by atoms with van der Waals surface area (Å²) in [6, 6.07) is 20.0. The number of amides is 2. The van der Waals surface area contributed by atoms with Gasteiger partial charge in [0.1, 0.15) is 12.3 Å². The number of rotatable bonds is 5. The van der Waals surface area contributed by atoms with Crippen LogP contribution in [-0.4, -0.2) is 24.4 Å². The SMILES string of the molecule is C[C@H](N[C@@H](c1ccccc1)c1ccco1)C(=O)N1CC(=O)Nc2ccccc21. The van der Waals surface area contributed by atoms with E-state index < -0.39 is 6.04 Å². The predicted molar refractivity (Wildman–Crippen MR) is 107 cm³/mol. The van der Waals surface area contributed by atoms with Crippen molar-refractivity contribution < 1.29 is 14.0 Å². The molecule has 142 valence electrons. The number of anilines is 2. The molecule has 2 heterocycles. The zero-order valence-electron chi connectivity index (χ0n) is 15.5. The lowest BCUT2D eigenvalue weighted by molar-refractivity contribution is -0.123. The average molecular weight is 375 g/mol. The van der Waals surface area contributed by atoms with Gasteiger partial charge in [-0.15, -0.1) is 0 Å². The summed E-state index contributed by atoms with van der Waals surface area (Å²) >= 11 is 0. The van der Waals surface area contributed by atoms with E-state index in [2.05, 4.69) is 10.6 Å². The van der Waals surface area contributed by atoms with Crippen molar-refractivity contribution in [2.24, 2.45) is 0 Å². The molecule has 0 saturated heterocycles. The lowest BCUT2D eigenvalue weighted by Gasteiger charge is -2.32. The van der Waals surface area contributed by atoms with Crippen molar-refractivity contribution in [1.29, 1.82) is 0 Å². The summed E-state index contributed by atoms with van der Waals surface area (Å²) < 4.78 is 5.60. The zero-order valence-corrected chi connectivity index (χ0v) is 15.5. The van der Waals surface area contributed by atoms with Crippen molar-refractivity contribution in [3.05, 3.63) is 84.3 Å². The molecule has 0 saturated carbocycles. The van der Waals surface area contributed by atoms with E-state index in [0.29, 0.717) is 11.4 Å². The van der Waals surface area contributed by atoms with Gasteiger partial charge in [-0.2, -0.15) is 0 Å². The highest BCUT2D eigenvalue weighted by Crippen LogP contribution is 2.30. The Morgan fingerprint density at radius 1 is 1.07 bits per heavy atom. The smallest absolute Gasteiger partial charge is 0.244 e. The highest BCUT2D eigenvalue weighted by atomic mass is 16.3. The average Bonchev–Trinajstić information content (AvgIpc) is 3.25. The van der Waals surface area contributed by atoms with Crippen LogP contribution in [-0.2, 0) is 9.59 Å². The Hall–Kier alpha value is -3.38. The largest absolute Gasteiger partial charge is 0.467 e. The maximum Gasteiger partial charge on any atom is 0.244 e. The molecule has 6 nitrogen and oxygen atoms in total. The van der Waals surface area contributed by atoms with Crippen LogP contribution in [0.5, 0.6) is 0 Å². The minimum Gasteiger partial charge on any atom is -0.467 e. The van der Waals surface area contributed by atoms with Crippen molar-refractivity contribution in [3.8, 4) is 0 Å². The first kappa shape index (κ1) is 18.0. The van der Waals surface area contributed by atoms with Crippen molar-refractivity contribution in [3.63, 3.8) is 0 Å². The molecule has 6 heteroatoms. The molecule has 0 radical (unpaired) electrons. The van der Waals surface area contributed by atoms with Gasteiger partial charge in [-0.05, 0) is 36.8 Å². The van der Waals surface area contributed by atoms with Crippen LogP contribution in [0.4, 0.5) is 11.4 Å². The van der Waals surface area contributed by atoms with E-state index in [0.717, 1.165) is 11.3 Å². The minimum absolute atomic E-state index is 0.00137. The van der Waals surface area contributed by atoms with Crippen molar-refractivity contribution >= 4 is 23.2 Å². The number of benzene rings is 2.